The van der Waals surface area contributed by atoms with Gasteiger partial charge in [0.05, 0.1) is 0 Å². The van der Waals surface area contributed by atoms with E-state index in [-0.39, 0.29) is 0 Å². The standard InChI is InChI=1S/C10H19N3O2/c1-10(12,9(14)15)5-3-2-4-7-13-8-6-11/h2-3,6,11,13H,4-5,7-8,12H2,1H3,(H,14,15)/b3-2-,11-6?/t10-/m1/s1. The van der Waals surface area contributed by atoms with Gasteiger partial charge in [-0.1, -0.05) is 12.2 Å². The van der Waals surface area contributed by atoms with Gasteiger partial charge in [0.25, 0.3) is 0 Å². The number of aliphatic carboxylic acids is 1. The molecule has 0 bridgehead atoms. The summed E-state index contributed by atoms with van der Waals surface area (Å²) in [6.45, 7) is 2.84. The average Bonchev–Trinajstić information content (AvgIpc) is 2.16. The molecule has 86 valence electrons. The van der Waals surface area contributed by atoms with Crippen molar-refractivity contribution in [1.29, 1.82) is 5.41 Å². The number of nitrogens with two attached hydrogens (primary N) is 1. The Hall–Kier alpha value is -1.20. The summed E-state index contributed by atoms with van der Waals surface area (Å²) in [5.74, 6) is -0.992. The minimum atomic E-state index is -1.18. The molecule has 0 aliphatic carbocycles. The fourth-order valence-electron chi connectivity index (χ4n) is 0.893. The largest absolute Gasteiger partial charge is 0.480 e. The summed E-state index contributed by atoms with van der Waals surface area (Å²) < 4.78 is 0. The first-order chi connectivity index (χ1) is 7.00. The molecule has 1 atom stereocenters. The number of hydrogen-bond acceptors (Lipinski definition) is 4. The van der Waals surface area contributed by atoms with E-state index in [0.717, 1.165) is 13.0 Å². The van der Waals surface area contributed by atoms with Crippen molar-refractivity contribution in [3.8, 4) is 0 Å². The van der Waals surface area contributed by atoms with Crippen LogP contribution in [0, 0.1) is 5.41 Å². The van der Waals surface area contributed by atoms with Crippen LogP contribution in [0.5, 0.6) is 0 Å². The quantitative estimate of drug-likeness (QED) is 0.266. The SMILES string of the molecule is C[C@@](N)(C/C=C\CCNCC=N)C(=O)O. The molecule has 0 amide bonds. The molecule has 0 aromatic carbocycles. The van der Waals surface area contributed by atoms with Crippen LogP contribution < -0.4 is 11.1 Å². The Kier molecular flexibility index (Phi) is 6.57. The summed E-state index contributed by atoms with van der Waals surface area (Å²) in [6, 6.07) is 0. The van der Waals surface area contributed by atoms with Crippen molar-refractivity contribution < 1.29 is 9.90 Å². The highest BCUT2D eigenvalue weighted by Gasteiger charge is 2.25. The van der Waals surface area contributed by atoms with Crippen molar-refractivity contribution >= 4 is 12.2 Å². The van der Waals surface area contributed by atoms with Gasteiger partial charge in [-0.3, -0.25) is 4.79 Å². The first-order valence-electron chi connectivity index (χ1n) is 4.87. The maximum Gasteiger partial charge on any atom is 0.323 e. The van der Waals surface area contributed by atoms with Crippen LogP contribution in [0.4, 0.5) is 0 Å². The van der Waals surface area contributed by atoms with E-state index in [0.29, 0.717) is 13.0 Å². The van der Waals surface area contributed by atoms with Gasteiger partial charge in [0.2, 0.25) is 0 Å². The molecule has 0 rings (SSSR count). The van der Waals surface area contributed by atoms with Crippen LogP contribution in [0.1, 0.15) is 19.8 Å². The lowest BCUT2D eigenvalue weighted by atomic mass is 9.99. The minimum absolute atomic E-state index is 0.326. The number of carboxylic acid groups (broad SMARTS) is 1. The third-order valence-corrected chi connectivity index (χ3v) is 1.93. The third kappa shape index (κ3) is 6.82. The molecule has 0 aliphatic heterocycles. The van der Waals surface area contributed by atoms with Crippen LogP contribution in [-0.2, 0) is 4.79 Å². The lowest BCUT2D eigenvalue weighted by Gasteiger charge is -2.16. The van der Waals surface area contributed by atoms with E-state index in [1.807, 2.05) is 6.08 Å². The Bertz CT molecular complexity index is 237. The number of carboxylic acids is 1. The van der Waals surface area contributed by atoms with Crippen LogP contribution in [0.2, 0.25) is 0 Å². The van der Waals surface area contributed by atoms with Gasteiger partial charge in [-0.25, -0.2) is 0 Å². The van der Waals surface area contributed by atoms with Gasteiger partial charge in [-0.15, -0.1) is 0 Å². The molecule has 0 fully saturated rings. The van der Waals surface area contributed by atoms with E-state index in [4.69, 9.17) is 16.2 Å². The second-order valence-corrected chi connectivity index (χ2v) is 3.60. The van der Waals surface area contributed by atoms with Crippen LogP contribution in [-0.4, -0.2) is 35.9 Å². The van der Waals surface area contributed by atoms with E-state index >= 15 is 0 Å². The maximum atomic E-state index is 10.6. The molecule has 0 unspecified atom stereocenters. The average molecular weight is 213 g/mol. The maximum absolute atomic E-state index is 10.6. The lowest BCUT2D eigenvalue weighted by molar-refractivity contribution is -0.142. The summed E-state index contributed by atoms with van der Waals surface area (Å²) in [5, 5.41) is 18.5. The molecule has 0 heterocycles. The number of nitrogens with one attached hydrogen (secondary N) is 2. The molecule has 0 saturated heterocycles. The Morgan fingerprint density at radius 1 is 1.60 bits per heavy atom. The normalized spacial score (nSPS) is 15.1. The van der Waals surface area contributed by atoms with Gasteiger partial charge >= 0.3 is 5.97 Å². The first-order valence-corrected chi connectivity index (χ1v) is 4.87. The fraction of sp³-hybridized carbons (Fsp3) is 0.600. The van der Waals surface area contributed by atoms with Gasteiger partial charge in [0.15, 0.2) is 0 Å². The molecule has 5 N–H and O–H groups in total. The number of hydrogen-bond donors (Lipinski definition) is 4. The summed E-state index contributed by atoms with van der Waals surface area (Å²) in [5.41, 5.74) is 4.34. The molecule has 0 radical (unpaired) electrons. The van der Waals surface area contributed by atoms with Gasteiger partial charge in [-0.05, 0) is 26.3 Å². The van der Waals surface area contributed by atoms with Gasteiger partial charge in [0, 0.05) is 12.8 Å². The second-order valence-electron chi connectivity index (χ2n) is 3.60. The van der Waals surface area contributed by atoms with Crippen LogP contribution in [0.3, 0.4) is 0 Å². The Balaban J connectivity index is 3.62. The molecule has 0 aromatic heterocycles. The van der Waals surface area contributed by atoms with E-state index in [1.54, 1.807) is 6.08 Å². The zero-order valence-electron chi connectivity index (χ0n) is 8.99. The number of rotatable bonds is 8. The fourth-order valence-corrected chi connectivity index (χ4v) is 0.893. The van der Waals surface area contributed by atoms with Gasteiger partial charge in [0.1, 0.15) is 5.54 Å². The van der Waals surface area contributed by atoms with E-state index < -0.39 is 11.5 Å². The van der Waals surface area contributed by atoms with Crippen molar-refractivity contribution in [2.45, 2.75) is 25.3 Å². The zero-order valence-corrected chi connectivity index (χ0v) is 8.99. The Morgan fingerprint density at radius 3 is 2.80 bits per heavy atom. The summed E-state index contributed by atoms with van der Waals surface area (Å²) >= 11 is 0. The number of carbonyl (C=O) groups is 1. The molecule has 15 heavy (non-hydrogen) atoms. The Morgan fingerprint density at radius 2 is 2.27 bits per heavy atom. The molecule has 0 aliphatic rings. The zero-order chi connectivity index (χ0) is 11.7. The van der Waals surface area contributed by atoms with Crippen molar-refractivity contribution in [2.75, 3.05) is 13.1 Å². The van der Waals surface area contributed by atoms with Crippen molar-refractivity contribution in [2.24, 2.45) is 5.73 Å². The Labute approximate surface area is 89.9 Å². The molecule has 0 spiro atoms. The summed E-state index contributed by atoms with van der Waals surface area (Å²) in [7, 11) is 0. The highest BCUT2D eigenvalue weighted by atomic mass is 16.4. The van der Waals surface area contributed by atoms with Crippen LogP contribution in [0.25, 0.3) is 0 Å². The van der Waals surface area contributed by atoms with Crippen LogP contribution >= 0.6 is 0 Å². The molecule has 0 aromatic rings. The second kappa shape index (κ2) is 7.14. The lowest BCUT2D eigenvalue weighted by Crippen LogP contribution is -2.44. The monoisotopic (exact) mass is 213 g/mol. The molecule has 5 nitrogen and oxygen atoms in total. The summed E-state index contributed by atoms with van der Waals surface area (Å²) in [6.07, 6.45) is 6.10. The van der Waals surface area contributed by atoms with E-state index in [1.165, 1.54) is 13.1 Å². The van der Waals surface area contributed by atoms with E-state index in [9.17, 15) is 4.79 Å². The highest BCUT2D eigenvalue weighted by molar-refractivity contribution is 5.78. The highest BCUT2D eigenvalue weighted by Crippen LogP contribution is 2.06. The molecular formula is C10H19N3O2. The van der Waals surface area contributed by atoms with Crippen molar-refractivity contribution in [3.05, 3.63) is 12.2 Å². The predicted molar refractivity (Wildman–Crippen MR) is 60.3 cm³/mol. The molecular weight excluding hydrogens is 194 g/mol. The van der Waals surface area contributed by atoms with Gasteiger partial charge in [-0.2, -0.15) is 0 Å². The van der Waals surface area contributed by atoms with E-state index in [2.05, 4.69) is 5.32 Å². The smallest absolute Gasteiger partial charge is 0.323 e. The van der Waals surface area contributed by atoms with Crippen molar-refractivity contribution in [3.63, 3.8) is 0 Å². The first kappa shape index (κ1) is 13.8. The topological polar surface area (TPSA) is 99.2 Å². The molecule has 0 saturated carbocycles. The minimum Gasteiger partial charge on any atom is -0.480 e. The van der Waals surface area contributed by atoms with Crippen molar-refractivity contribution in [1.82, 2.24) is 5.32 Å². The van der Waals surface area contributed by atoms with Crippen LogP contribution in [0.15, 0.2) is 12.2 Å². The third-order valence-electron chi connectivity index (χ3n) is 1.93. The molecule has 5 heteroatoms. The predicted octanol–water partition coefficient (Wildman–Crippen LogP) is 0.364. The van der Waals surface area contributed by atoms with Gasteiger partial charge < -0.3 is 21.6 Å². The summed E-state index contributed by atoms with van der Waals surface area (Å²) in [4.78, 5) is 10.6.